The lowest BCUT2D eigenvalue weighted by Crippen LogP contribution is -2.44. The molecule has 1 atom stereocenters. The molecule has 0 unspecified atom stereocenters. The minimum Gasteiger partial charge on any atom is -0.320 e. The highest BCUT2D eigenvalue weighted by Crippen LogP contribution is 2.30. The van der Waals surface area contributed by atoms with Crippen molar-refractivity contribution < 1.29 is 4.79 Å². The number of nitrogens with zero attached hydrogens (tertiary/aromatic N) is 1. The molecule has 0 radical (unpaired) electrons. The zero-order chi connectivity index (χ0) is 14.8. The number of carbonyl (C=O) groups excluding carboxylic acids is 1. The Hall–Kier alpha value is -1.84. The van der Waals surface area contributed by atoms with Gasteiger partial charge in [0.2, 0.25) is 5.91 Å². The summed E-state index contributed by atoms with van der Waals surface area (Å²) in [7, 11) is 0. The number of benzene rings is 2. The van der Waals surface area contributed by atoms with Gasteiger partial charge >= 0.3 is 0 Å². The Bertz CT molecular complexity index is 657. The van der Waals surface area contributed by atoms with Crippen LogP contribution >= 0.6 is 12.4 Å². The van der Waals surface area contributed by atoms with Gasteiger partial charge in [0.25, 0.3) is 0 Å². The lowest BCUT2D eigenvalue weighted by Gasteiger charge is -2.22. The number of fused-ring (bicyclic) bond motifs is 1. The van der Waals surface area contributed by atoms with Gasteiger partial charge in [-0.15, -0.1) is 12.4 Å². The third kappa shape index (κ3) is 3.16. The van der Waals surface area contributed by atoms with Crippen molar-refractivity contribution in [3.05, 3.63) is 65.2 Å². The summed E-state index contributed by atoms with van der Waals surface area (Å²) in [6, 6.07) is 15.6. The van der Waals surface area contributed by atoms with E-state index in [9.17, 15) is 4.79 Å². The Morgan fingerprint density at radius 1 is 1.18 bits per heavy atom. The summed E-state index contributed by atoms with van der Waals surface area (Å²) in [5, 5.41) is 0. The molecule has 1 aliphatic rings. The Morgan fingerprint density at radius 2 is 1.91 bits per heavy atom. The average Bonchev–Trinajstić information content (AvgIpc) is 2.93. The van der Waals surface area contributed by atoms with Gasteiger partial charge in [0, 0.05) is 12.2 Å². The van der Waals surface area contributed by atoms with Crippen LogP contribution in [0.15, 0.2) is 48.5 Å². The number of carbonyl (C=O) groups is 1. The Balaban J connectivity index is 0.00000176. The van der Waals surface area contributed by atoms with Crippen molar-refractivity contribution in [2.45, 2.75) is 25.8 Å². The van der Waals surface area contributed by atoms with E-state index in [-0.39, 0.29) is 18.3 Å². The van der Waals surface area contributed by atoms with Crippen molar-refractivity contribution in [3.63, 3.8) is 0 Å². The summed E-state index contributed by atoms with van der Waals surface area (Å²) in [5.74, 6) is 0.0169. The SMILES string of the molecule is Cc1cccc2c1CCN2C(=O)[C@@H](N)Cc1ccccc1.Cl. The lowest BCUT2D eigenvalue weighted by molar-refractivity contribution is -0.119. The van der Waals surface area contributed by atoms with E-state index in [4.69, 9.17) is 5.73 Å². The average molecular weight is 317 g/mol. The number of nitrogens with two attached hydrogens (primary N) is 1. The fourth-order valence-corrected chi connectivity index (χ4v) is 2.99. The number of amides is 1. The third-order valence-electron chi connectivity index (χ3n) is 4.14. The summed E-state index contributed by atoms with van der Waals surface area (Å²) in [4.78, 5) is 14.5. The van der Waals surface area contributed by atoms with Crippen molar-refractivity contribution in [2.24, 2.45) is 5.73 Å². The molecule has 1 heterocycles. The first-order valence-corrected chi connectivity index (χ1v) is 7.36. The van der Waals surface area contributed by atoms with Gasteiger partial charge in [-0.05, 0) is 42.5 Å². The first-order valence-electron chi connectivity index (χ1n) is 7.36. The van der Waals surface area contributed by atoms with Gasteiger partial charge in [-0.1, -0.05) is 42.5 Å². The van der Waals surface area contributed by atoms with Gasteiger partial charge in [0.1, 0.15) is 0 Å². The highest BCUT2D eigenvalue weighted by molar-refractivity contribution is 5.99. The molecule has 2 aromatic carbocycles. The molecular formula is C18H21ClN2O. The molecule has 3 rings (SSSR count). The van der Waals surface area contributed by atoms with Crippen LogP contribution in [0, 0.1) is 6.92 Å². The molecule has 1 amide bonds. The van der Waals surface area contributed by atoms with E-state index in [1.807, 2.05) is 47.4 Å². The van der Waals surface area contributed by atoms with Crippen LogP contribution in [0.2, 0.25) is 0 Å². The van der Waals surface area contributed by atoms with Crippen molar-refractivity contribution in [2.75, 3.05) is 11.4 Å². The van der Waals surface area contributed by atoms with Crippen molar-refractivity contribution in [1.29, 1.82) is 0 Å². The molecule has 22 heavy (non-hydrogen) atoms. The molecular weight excluding hydrogens is 296 g/mol. The van der Waals surface area contributed by atoms with E-state index in [2.05, 4.69) is 13.0 Å². The van der Waals surface area contributed by atoms with Crippen LogP contribution in [-0.2, 0) is 17.6 Å². The maximum atomic E-state index is 12.6. The Kier molecular flexibility index (Phi) is 5.22. The Morgan fingerprint density at radius 3 is 2.64 bits per heavy atom. The Labute approximate surface area is 137 Å². The summed E-state index contributed by atoms with van der Waals surface area (Å²) >= 11 is 0. The zero-order valence-corrected chi connectivity index (χ0v) is 13.5. The van der Waals surface area contributed by atoms with Crippen LogP contribution in [0.4, 0.5) is 5.69 Å². The summed E-state index contributed by atoms with van der Waals surface area (Å²) < 4.78 is 0. The van der Waals surface area contributed by atoms with Crippen LogP contribution < -0.4 is 10.6 Å². The predicted octanol–water partition coefficient (Wildman–Crippen LogP) is 2.88. The molecule has 0 bridgehead atoms. The van der Waals surface area contributed by atoms with E-state index in [0.29, 0.717) is 6.42 Å². The smallest absolute Gasteiger partial charge is 0.244 e. The van der Waals surface area contributed by atoms with Gasteiger partial charge in [0.15, 0.2) is 0 Å². The highest BCUT2D eigenvalue weighted by atomic mass is 35.5. The number of anilines is 1. The fourth-order valence-electron chi connectivity index (χ4n) is 2.99. The van der Waals surface area contributed by atoms with Gasteiger partial charge in [-0.2, -0.15) is 0 Å². The summed E-state index contributed by atoms with van der Waals surface area (Å²) in [6.45, 7) is 2.83. The molecule has 4 heteroatoms. The molecule has 2 N–H and O–H groups in total. The molecule has 1 aliphatic heterocycles. The van der Waals surface area contributed by atoms with Gasteiger partial charge < -0.3 is 10.6 Å². The van der Waals surface area contributed by atoms with Gasteiger partial charge in [-0.25, -0.2) is 0 Å². The molecule has 0 spiro atoms. The monoisotopic (exact) mass is 316 g/mol. The number of halogens is 1. The van der Waals surface area contributed by atoms with Gasteiger partial charge in [0.05, 0.1) is 6.04 Å². The van der Waals surface area contributed by atoms with Crippen molar-refractivity contribution in [3.8, 4) is 0 Å². The van der Waals surface area contributed by atoms with Crippen LogP contribution in [0.3, 0.4) is 0 Å². The maximum Gasteiger partial charge on any atom is 0.244 e. The first kappa shape index (κ1) is 16.5. The molecule has 0 fully saturated rings. The minimum atomic E-state index is -0.487. The summed E-state index contributed by atoms with van der Waals surface area (Å²) in [6.07, 6.45) is 1.50. The molecule has 0 saturated carbocycles. The topological polar surface area (TPSA) is 46.3 Å². The second-order valence-corrected chi connectivity index (χ2v) is 5.61. The fraction of sp³-hybridized carbons (Fsp3) is 0.278. The lowest BCUT2D eigenvalue weighted by atomic mass is 10.0. The standard InChI is InChI=1S/C18H20N2O.ClH/c1-13-6-5-9-17-15(13)10-11-20(17)18(21)16(19)12-14-7-3-2-4-8-14;/h2-9,16H,10-12,19H2,1H3;1H/t16-;/m0./s1. The van der Waals surface area contributed by atoms with Crippen molar-refractivity contribution >= 4 is 24.0 Å². The summed E-state index contributed by atoms with van der Waals surface area (Å²) in [5.41, 5.74) is 10.8. The first-order chi connectivity index (χ1) is 10.2. The van der Waals surface area contributed by atoms with E-state index in [1.165, 1.54) is 11.1 Å². The third-order valence-corrected chi connectivity index (χ3v) is 4.14. The number of rotatable bonds is 3. The normalized spacial score (nSPS) is 14.2. The quantitative estimate of drug-likeness (QED) is 0.946. The van der Waals surface area contributed by atoms with E-state index in [0.717, 1.165) is 24.2 Å². The maximum absolute atomic E-state index is 12.6. The second kappa shape index (κ2) is 6.95. The van der Waals surface area contributed by atoms with E-state index < -0.39 is 6.04 Å². The van der Waals surface area contributed by atoms with Crippen molar-refractivity contribution in [1.82, 2.24) is 0 Å². The second-order valence-electron chi connectivity index (χ2n) is 5.61. The van der Waals surface area contributed by atoms with Gasteiger partial charge in [-0.3, -0.25) is 4.79 Å². The molecule has 0 saturated heterocycles. The highest BCUT2D eigenvalue weighted by Gasteiger charge is 2.28. The largest absolute Gasteiger partial charge is 0.320 e. The van der Waals surface area contributed by atoms with Crippen LogP contribution in [0.5, 0.6) is 0 Å². The molecule has 3 nitrogen and oxygen atoms in total. The molecule has 0 aliphatic carbocycles. The molecule has 0 aromatic heterocycles. The molecule has 2 aromatic rings. The van der Waals surface area contributed by atoms with E-state index >= 15 is 0 Å². The predicted molar refractivity (Wildman–Crippen MR) is 92.6 cm³/mol. The number of hydrogen-bond donors (Lipinski definition) is 1. The zero-order valence-electron chi connectivity index (χ0n) is 12.7. The van der Waals surface area contributed by atoms with Crippen LogP contribution in [0.1, 0.15) is 16.7 Å². The number of hydrogen-bond acceptors (Lipinski definition) is 2. The van der Waals surface area contributed by atoms with Crippen LogP contribution in [-0.4, -0.2) is 18.5 Å². The van der Waals surface area contributed by atoms with E-state index in [1.54, 1.807) is 0 Å². The molecule has 116 valence electrons. The minimum absolute atomic E-state index is 0. The van der Waals surface area contributed by atoms with Crippen LogP contribution in [0.25, 0.3) is 0 Å². The number of aryl methyl sites for hydroxylation is 1.